The van der Waals surface area contributed by atoms with Crippen molar-refractivity contribution in [3.63, 3.8) is 0 Å². The SMILES string of the molecule is CCN(CC)CCCC(C)NC(=NC)NCC(C)c1cccs1.I. The van der Waals surface area contributed by atoms with Gasteiger partial charge in [-0.15, -0.1) is 35.3 Å². The fourth-order valence-corrected chi connectivity index (χ4v) is 3.37. The highest BCUT2D eigenvalue weighted by molar-refractivity contribution is 14.0. The van der Waals surface area contributed by atoms with Crippen molar-refractivity contribution in [3.8, 4) is 0 Å². The van der Waals surface area contributed by atoms with Crippen LogP contribution in [0.3, 0.4) is 0 Å². The zero-order chi connectivity index (χ0) is 17.1. The average molecular weight is 466 g/mol. The molecule has 0 saturated carbocycles. The van der Waals surface area contributed by atoms with Crippen LogP contribution in [-0.4, -0.2) is 50.1 Å². The zero-order valence-corrected chi connectivity index (χ0v) is 19.0. The van der Waals surface area contributed by atoms with Crippen LogP contribution in [0.1, 0.15) is 51.3 Å². The van der Waals surface area contributed by atoms with Gasteiger partial charge in [0, 0.05) is 30.4 Å². The molecule has 4 nitrogen and oxygen atoms in total. The van der Waals surface area contributed by atoms with Crippen molar-refractivity contribution < 1.29 is 0 Å². The van der Waals surface area contributed by atoms with E-state index in [1.165, 1.54) is 17.8 Å². The van der Waals surface area contributed by atoms with Crippen molar-refractivity contribution >= 4 is 41.3 Å². The maximum atomic E-state index is 4.34. The summed E-state index contributed by atoms with van der Waals surface area (Å²) in [5, 5.41) is 9.08. The number of thiophene rings is 1. The lowest BCUT2D eigenvalue weighted by Crippen LogP contribution is -2.43. The lowest BCUT2D eigenvalue weighted by Gasteiger charge is -2.21. The highest BCUT2D eigenvalue weighted by Crippen LogP contribution is 2.19. The maximum absolute atomic E-state index is 4.34. The molecule has 2 N–H and O–H groups in total. The van der Waals surface area contributed by atoms with Crippen LogP contribution in [0.4, 0.5) is 0 Å². The third-order valence-corrected chi connectivity index (χ3v) is 5.32. The van der Waals surface area contributed by atoms with E-state index < -0.39 is 0 Å². The first-order valence-corrected chi connectivity index (χ1v) is 9.71. The van der Waals surface area contributed by atoms with E-state index in [4.69, 9.17) is 0 Å². The first-order chi connectivity index (χ1) is 11.1. The summed E-state index contributed by atoms with van der Waals surface area (Å²) in [7, 11) is 1.84. The molecule has 0 aliphatic carbocycles. The summed E-state index contributed by atoms with van der Waals surface area (Å²) in [6, 6.07) is 4.75. The molecule has 140 valence electrons. The highest BCUT2D eigenvalue weighted by atomic mass is 127. The van der Waals surface area contributed by atoms with Crippen molar-refractivity contribution in [1.82, 2.24) is 15.5 Å². The Morgan fingerprint density at radius 2 is 2.00 bits per heavy atom. The molecule has 0 radical (unpaired) electrons. The van der Waals surface area contributed by atoms with E-state index in [1.54, 1.807) is 0 Å². The van der Waals surface area contributed by atoms with Gasteiger partial charge in [-0.3, -0.25) is 4.99 Å². The number of rotatable bonds is 10. The molecule has 0 saturated heterocycles. The molecule has 0 bridgehead atoms. The van der Waals surface area contributed by atoms with Crippen molar-refractivity contribution in [2.45, 2.75) is 52.5 Å². The van der Waals surface area contributed by atoms with Gasteiger partial charge in [0.2, 0.25) is 0 Å². The predicted octanol–water partition coefficient (Wildman–Crippen LogP) is 4.15. The fourth-order valence-electron chi connectivity index (χ4n) is 2.58. The predicted molar refractivity (Wildman–Crippen MR) is 119 cm³/mol. The van der Waals surface area contributed by atoms with Crippen LogP contribution in [-0.2, 0) is 0 Å². The van der Waals surface area contributed by atoms with Crippen LogP contribution in [0, 0.1) is 0 Å². The molecule has 1 rings (SSSR count). The molecule has 24 heavy (non-hydrogen) atoms. The smallest absolute Gasteiger partial charge is 0.191 e. The van der Waals surface area contributed by atoms with Gasteiger partial charge in [-0.25, -0.2) is 0 Å². The second-order valence-electron chi connectivity index (χ2n) is 6.08. The molecule has 0 aliphatic heterocycles. The van der Waals surface area contributed by atoms with Gasteiger partial charge in [0.15, 0.2) is 5.96 Å². The number of hydrogen-bond acceptors (Lipinski definition) is 3. The van der Waals surface area contributed by atoms with Crippen LogP contribution in [0.5, 0.6) is 0 Å². The van der Waals surface area contributed by atoms with Crippen LogP contribution in [0.2, 0.25) is 0 Å². The monoisotopic (exact) mass is 466 g/mol. The molecule has 0 spiro atoms. The minimum Gasteiger partial charge on any atom is -0.356 e. The van der Waals surface area contributed by atoms with E-state index in [1.807, 2.05) is 18.4 Å². The Bertz CT molecular complexity index is 432. The third-order valence-electron chi connectivity index (χ3n) is 4.22. The normalized spacial score (nSPS) is 14.2. The van der Waals surface area contributed by atoms with Gasteiger partial charge in [-0.05, 0) is 50.8 Å². The minimum atomic E-state index is 0. The summed E-state index contributed by atoms with van der Waals surface area (Å²) < 4.78 is 0. The number of halogens is 1. The Morgan fingerprint density at radius 1 is 1.29 bits per heavy atom. The summed E-state index contributed by atoms with van der Waals surface area (Å²) in [4.78, 5) is 8.24. The standard InChI is InChI=1S/C18H34N4S.HI/c1-6-22(7-2)12-8-10-16(4)21-18(19-5)20-14-15(3)17-11-9-13-23-17;/h9,11,13,15-16H,6-8,10,12,14H2,1-5H3,(H2,19,20,21);1H. The van der Waals surface area contributed by atoms with Crippen LogP contribution in [0.15, 0.2) is 22.5 Å². The molecule has 6 heteroatoms. The molecule has 0 amide bonds. The number of nitrogens with one attached hydrogen (secondary N) is 2. The van der Waals surface area contributed by atoms with Crippen molar-refractivity contribution in [1.29, 1.82) is 0 Å². The Hall–Kier alpha value is -0.340. The fraction of sp³-hybridized carbons (Fsp3) is 0.722. The molecule has 0 fully saturated rings. The third kappa shape index (κ3) is 9.22. The second-order valence-corrected chi connectivity index (χ2v) is 7.06. The van der Waals surface area contributed by atoms with E-state index in [9.17, 15) is 0 Å². The Labute approximate surface area is 169 Å². The summed E-state index contributed by atoms with van der Waals surface area (Å²) >= 11 is 1.82. The number of guanidine groups is 1. The number of aliphatic imine (C=N–C) groups is 1. The molecular formula is C18H35IN4S. The Balaban J connectivity index is 0.00000529. The summed E-state index contributed by atoms with van der Waals surface area (Å²) in [6.45, 7) is 13.3. The first-order valence-electron chi connectivity index (χ1n) is 8.83. The topological polar surface area (TPSA) is 39.7 Å². The van der Waals surface area contributed by atoms with Crippen molar-refractivity contribution in [2.75, 3.05) is 33.2 Å². The second kappa shape index (κ2) is 13.9. The molecule has 1 aromatic heterocycles. The zero-order valence-electron chi connectivity index (χ0n) is 15.8. The van der Waals surface area contributed by atoms with Crippen LogP contribution < -0.4 is 10.6 Å². The van der Waals surface area contributed by atoms with Crippen LogP contribution in [0.25, 0.3) is 0 Å². The van der Waals surface area contributed by atoms with E-state index >= 15 is 0 Å². The van der Waals surface area contributed by atoms with Gasteiger partial charge in [0.05, 0.1) is 0 Å². The summed E-state index contributed by atoms with van der Waals surface area (Å²) in [5.41, 5.74) is 0. The molecule has 2 unspecified atom stereocenters. The Kier molecular flexibility index (Phi) is 13.7. The highest BCUT2D eigenvalue weighted by Gasteiger charge is 2.09. The largest absolute Gasteiger partial charge is 0.356 e. The van der Waals surface area contributed by atoms with Gasteiger partial charge in [0.1, 0.15) is 0 Å². The van der Waals surface area contributed by atoms with Gasteiger partial charge in [-0.1, -0.05) is 26.8 Å². The average Bonchev–Trinajstić information content (AvgIpc) is 3.09. The lowest BCUT2D eigenvalue weighted by molar-refractivity contribution is 0.292. The van der Waals surface area contributed by atoms with Gasteiger partial charge in [-0.2, -0.15) is 0 Å². The molecule has 2 atom stereocenters. The van der Waals surface area contributed by atoms with Crippen molar-refractivity contribution in [2.24, 2.45) is 4.99 Å². The molecular weight excluding hydrogens is 431 g/mol. The first kappa shape index (κ1) is 23.7. The Morgan fingerprint density at radius 3 is 2.54 bits per heavy atom. The van der Waals surface area contributed by atoms with E-state index in [0.29, 0.717) is 12.0 Å². The minimum absolute atomic E-state index is 0. The molecule has 1 aromatic rings. The van der Waals surface area contributed by atoms with Gasteiger partial charge in [0.25, 0.3) is 0 Å². The van der Waals surface area contributed by atoms with E-state index in [2.05, 4.69) is 65.7 Å². The maximum Gasteiger partial charge on any atom is 0.191 e. The molecule has 1 heterocycles. The van der Waals surface area contributed by atoms with E-state index in [-0.39, 0.29) is 24.0 Å². The van der Waals surface area contributed by atoms with Crippen molar-refractivity contribution in [3.05, 3.63) is 22.4 Å². The van der Waals surface area contributed by atoms with Crippen LogP contribution >= 0.6 is 35.3 Å². The molecule has 0 aliphatic rings. The lowest BCUT2D eigenvalue weighted by atomic mass is 10.1. The number of nitrogens with zero attached hydrogens (tertiary/aromatic N) is 2. The van der Waals surface area contributed by atoms with Gasteiger partial charge < -0.3 is 15.5 Å². The molecule has 0 aromatic carbocycles. The van der Waals surface area contributed by atoms with E-state index in [0.717, 1.165) is 32.0 Å². The summed E-state index contributed by atoms with van der Waals surface area (Å²) in [6.07, 6.45) is 2.39. The number of hydrogen-bond donors (Lipinski definition) is 2. The van der Waals surface area contributed by atoms with Gasteiger partial charge >= 0.3 is 0 Å². The quantitative estimate of drug-likeness (QED) is 0.309. The summed E-state index contributed by atoms with van der Waals surface area (Å²) in [5.74, 6) is 1.41.